The third-order valence-corrected chi connectivity index (χ3v) is 4.41. The first kappa shape index (κ1) is 11.4. The summed E-state index contributed by atoms with van der Waals surface area (Å²) in [4.78, 5) is 2.44. The predicted molar refractivity (Wildman–Crippen MR) is 65.1 cm³/mol. The zero-order chi connectivity index (χ0) is 10.9. The van der Waals surface area contributed by atoms with E-state index >= 15 is 0 Å². The maximum absolute atomic E-state index is 3.90. The molecule has 0 bridgehead atoms. The fourth-order valence-corrected chi connectivity index (χ4v) is 3.10. The van der Waals surface area contributed by atoms with E-state index in [2.05, 4.69) is 31.1 Å². The summed E-state index contributed by atoms with van der Waals surface area (Å²) in [5, 5.41) is 3.90. The van der Waals surface area contributed by atoms with Gasteiger partial charge in [0.1, 0.15) is 0 Å². The van der Waals surface area contributed by atoms with Crippen LogP contribution in [0.25, 0.3) is 0 Å². The number of hydrogen-bond donors (Lipinski definition) is 1. The van der Waals surface area contributed by atoms with Gasteiger partial charge in [-0.25, -0.2) is 0 Å². The van der Waals surface area contributed by atoms with Crippen LogP contribution in [0.1, 0.15) is 46.0 Å². The predicted octanol–water partition coefficient (Wildman–Crippen LogP) is 2.25. The minimum atomic E-state index is 0.531. The molecular weight excluding hydrogens is 184 g/mol. The highest BCUT2D eigenvalue weighted by Crippen LogP contribution is 2.37. The van der Waals surface area contributed by atoms with Gasteiger partial charge in [0.15, 0.2) is 0 Å². The van der Waals surface area contributed by atoms with Crippen LogP contribution < -0.4 is 5.32 Å². The second-order valence-corrected chi connectivity index (χ2v) is 6.18. The molecule has 1 saturated heterocycles. The number of nitrogens with one attached hydrogen (secondary N) is 1. The number of hydrogen-bond acceptors (Lipinski definition) is 2. The Hall–Kier alpha value is -0.0800. The van der Waals surface area contributed by atoms with Crippen molar-refractivity contribution in [2.24, 2.45) is 5.41 Å². The van der Waals surface area contributed by atoms with Gasteiger partial charge in [0.05, 0.1) is 0 Å². The standard InChI is InChI=1S/C13H26N2/c1-13(2)8-4-5-12(13)14-11-6-9-15(3)10-7-11/h11-12,14H,4-10H2,1-3H3. The van der Waals surface area contributed by atoms with E-state index in [9.17, 15) is 0 Å². The van der Waals surface area contributed by atoms with Gasteiger partial charge in [0.2, 0.25) is 0 Å². The van der Waals surface area contributed by atoms with Gasteiger partial charge in [0, 0.05) is 12.1 Å². The SMILES string of the molecule is CN1CCC(NC2CCCC2(C)C)CC1. The van der Waals surface area contributed by atoms with Crippen molar-refractivity contribution in [3.05, 3.63) is 0 Å². The Labute approximate surface area is 94.4 Å². The molecule has 2 heteroatoms. The Balaban J connectivity index is 1.81. The van der Waals surface area contributed by atoms with E-state index in [0.29, 0.717) is 5.41 Å². The Bertz CT molecular complexity index is 205. The number of likely N-dealkylation sites (tertiary alicyclic amines) is 1. The van der Waals surface area contributed by atoms with Crippen molar-refractivity contribution in [2.75, 3.05) is 20.1 Å². The molecule has 1 N–H and O–H groups in total. The van der Waals surface area contributed by atoms with Gasteiger partial charge < -0.3 is 10.2 Å². The van der Waals surface area contributed by atoms with E-state index in [1.54, 1.807) is 0 Å². The molecule has 2 fully saturated rings. The van der Waals surface area contributed by atoms with Crippen molar-refractivity contribution in [1.82, 2.24) is 10.2 Å². The van der Waals surface area contributed by atoms with Crippen LogP contribution in [0, 0.1) is 5.41 Å². The van der Waals surface area contributed by atoms with Crippen molar-refractivity contribution < 1.29 is 0 Å². The molecule has 2 aliphatic rings. The second kappa shape index (κ2) is 4.42. The Morgan fingerprint density at radius 3 is 2.33 bits per heavy atom. The lowest BCUT2D eigenvalue weighted by atomic mass is 9.86. The smallest absolute Gasteiger partial charge is 0.0121 e. The normalized spacial score (nSPS) is 33.4. The summed E-state index contributed by atoms with van der Waals surface area (Å²) in [7, 11) is 2.23. The lowest BCUT2D eigenvalue weighted by Gasteiger charge is -2.36. The summed E-state index contributed by atoms with van der Waals surface area (Å²) in [6, 6.07) is 1.55. The highest BCUT2D eigenvalue weighted by molar-refractivity contribution is 4.92. The van der Waals surface area contributed by atoms with Gasteiger partial charge in [-0.2, -0.15) is 0 Å². The third kappa shape index (κ3) is 2.73. The van der Waals surface area contributed by atoms with Crippen molar-refractivity contribution in [3.8, 4) is 0 Å². The Kier molecular flexibility index (Phi) is 3.36. The van der Waals surface area contributed by atoms with E-state index in [0.717, 1.165) is 12.1 Å². The van der Waals surface area contributed by atoms with Gasteiger partial charge in [-0.3, -0.25) is 0 Å². The number of nitrogens with zero attached hydrogens (tertiary/aromatic N) is 1. The molecular formula is C13H26N2. The zero-order valence-electron chi connectivity index (χ0n) is 10.6. The number of rotatable bonds is 2. The molecule has 1 unspecified atom stereocenters. The summed E-state index contributed by atoms with van der Waals surface area (Å²) < 4.78 is 0. The van der Waals surface area contributed by atoms with Gasteiger partial charge in [-0.1, -0.05) is 20.3 Å². The van der Waals surface area contributed by atoms with Crippen LogP contribution >= 0.6 is 0 Å². The topological polar surface area (TPSA) is 15.3 Å². The van der Waals surface area contributed by atoms with E-state index in [1.165, 1.54) is 45.2 Å². The molecule has 0 aromatic heterocycles. The molecule has 15 heavy (non-hydrogen) atoms. The number of piperidine rings is 1. The van der Waals surface area contributed by atoms with Crippen LogP contribution in [0.15, 0.2) is 0 Å². The molecule has 0 radical (unpaired) electrons. The summed E-state index contributed by atoms with van der Waals surface area (Å²) >= 11 is 0. The average molecular weight is 210 g/mol. The molecule has 1 atom stereocenters. The minimum Gasteiger partial charge on any atom is -0.311 e. The Morgan fingerprint density at radius 2 is 1.80 bits per heavy atom. The first-order valence-electron chi connectivity index (χ1n) is 6.52. The highest BCUT2D eigenvalue weighted by Gasteiger charge is 2.35. The molecule has 1 aliphatic heterocycles. The first-order valence-corrected chi connectivity index (χ1v) is 6.52. The summed E-state index contributed by atoms with van der Waals surface area (Å²) in [5.41, 5.74) is 0.531. The minimum absolute atomic E-state index is 0.531. The lowest BCUT2D eigenvalue weighted by molar-refractivity contribution is 0.193. The molecule has 0 aromatic rings. The van der Waals surface area contributed by atoms with Crippen molar-refractivity contribution in [2.45, 2.75) is 58.0 Å². The molecule has 0 aromatic carbocycles. The zero-order valence-corrected chi connectivity index (χ0v) is 10.6. The molecule has 0 spiro atoms. The molecule has 2 nitrogen and oxygen atoms in total. The van der Waals surface area contributed by atoms with Crippen LogP contribution in [-0.2, 0) is 0 Å². The molecule has 1 saturated carbocycles. The molecule has 88 valence electrons. The second-order valence-electron chi connectivity index (χ2n) is 6.18. The van der Waals surface area contributed by atoms with Crippen LogP contribution in [0.5, 0.6) is 0 Å². The lowest BCUT2D eigenvalue weighted by Crippen LogP contribution is -2.48. The third-order valence-electron chi connectivity index (χ3n) is 4.41. The van der Waals surface area contributed by atoms with E-state index in [4.69, 9.17) is 0 Å². The van der Waals surface area contributed by atoms with Gasteiger partial charge >= 0.3 is 0 Å². The van der Waals surface area contributed by atoms with Crippen LogP contribution in [-0.4, -0.2) is 37.1 Å². The van der Waals surface area contributed by atoms with Gasteiger partial charge in [-0.05, 0) is 51.2 Å². The molecule has 0 amide bonds. The molecule has 1 heterocycles. The molecule has 2 rings (SSSR count). The largest absolute Gasteiger partial charge is 0.311 e. The van der Waals surface area contributed by atoms with E-state index < -0.39 is 0 Å². The van der Waals surface area contributed by atoms with Crippen LogP contribution in [0.3, 0.4) is 0 Å². The van der Waals surface area contributed by atoms with Gasteiger partial charge in [-0.15, -0.1) is 0 Å². The van der Waals surface area contributed by atoms with Crippen molar-refractivity contribution in [3.63, 3.8) is 0 Å². The van der Waals surface area contributed by atoms with Gasteiger partial charge in [0.25, 0.3) is 0 Å². The quantitative estimate of drug-likeness (QED) is 0.752. The highest BCUT2D eigenvalue weighted by atomic mass is 15.1. The van der Waals surface area contributed by atoms with E-state index in [1.807, 2.05) is 0 Å². The maximum Gasteiger partial charge on any atom is 0.0121 e. The van der Waals surface area contributed by atoms with E-state index in [-0.39, 0.29) is 0 Å². The summed E-state index contributed by atoms with van der Waals surface area (Å²) in [6.07, 6.45) is 6.88. The average Bonchev–Trinajstić information content (AvgIpc) is 2.50. The van der Waals surface area contributed by atoms with Crippen LogP contribution in [0.2, 0.25) is 0 Å². The summed E-state index contributed by atoms with van der Waals surface area (Å²) in [6.45, 7) is 7.38. The monoisotopic (exact) mass is 210 g/mol. The Morgan fingerprint density at radius 1 is 1.13 bits per heavy atom. The first-order chi connectivity index (χ1) is 7.08. The molecule has 1 aliphatic carbocycles. The van der Waals surface area contributed by atoms with Crippen molar-refractivity contribution in [1.29, 1.82) is 0 Å². The van der Waals surface area contributed by atoms with Crippen LogP contribution in [0.4, 0.5) is 0 Å². The summed E-state index contributed by atoms with van der Waals surface area (Å²) in [5.74, 6) is 0. The van der Waals surface area contributed by atoms with Crippen molar-refractivity contribution >= 4 is 0 Å². The fraction of sp³-hybridized carbons (Fsp3) is 1.00. The fourth-order valence-electron chi connectivity index (χ4n) is 3.10. The maximum atomic E-state index is 3.90.